The maximum atomic E-state index is 13.3. The molecule has 2 aromatic rings. The largest absolute Gasteiger partial charge is 0.335 e. The summed E-state index contributed by atoms with van der Waals surface area (Å²) in [6, 6.07) is 6.14. The van der Waals surface area contributed by atoms with Crippen molar-refractivity contribution in [2.45, 2.75) is 52.0 Å². The molecule has 1 saturated heterocycles. The Morgan fingerprint density at radius 2 is 2.12 bits per heavy atom. The van der Waals surface area contributed by atoms with Crippen LogP contribution in [0.1, 0.15) is 55.1 Å². The van der Waals surface area contributed by atoms with Crippen molar-refractivity contribution < 1.29 is 4.79 Å². The van der Waals surface area contributed by atoms with E-state index < -0.39 is 0 Å². The van der Waals surface area contributed by atoms with Crippen LogP contribution in [0.25, 0.3) is 5.82 Å². The summed E-state index contributed by atoms with van der Waals surface area (Å²) < 4.78 is 1.76. The van der Waals surface area contributed by atoms with Crippen molar-refractivity contribution in [1.82, 2.24) is 19.7 Å². The predicted molar refractivity (Wildman–Crippen MR) is 96.7 cm³/mol. The van der Waals surface area contributed by atoms with Gasteiger partial charge in [-0.1, -0.05) is 13.0 Å². The van der Waals surface area contributed by atoms with Gasteiger partial charge in [0.15, 0.2) is 5.82 Å². The lowest BCUT2D eigenvalue weighted by atomic mass is 9.74. The molecule has 5 heteroatoms. The Bertz CT molecular complexity index is 754. The van der Waals surface area contributed by atoms with E-state index in [9.17, 15) is 4.79 Å². The molecule has 1 aliphatic carbocycles. The molecule has 1 aliphatic heterocycles. The van der Waals surface area contributed by atoms with Gasteiger partial charge >= 0.3 is 0 Å². The first-order chi connectivity index (χ1) is 12.1. The summed E-state index contributed by atoms with van der Waals surface area (Å²) in [5.74, 6) is 2.36. The van der Waals surface area contributed by atoms with E-state index in [1.807, 2.05) is 25.1 Å². The number of pyridine rings is 1. The van der Waals surface area contributed by atoms with Gasteiger partial charge in [0, 0.05) is 18.8 Å². The minimum absolute atomic E-state index is 0.143. The Hall–Kier alpha value is -2.17. The Kier molecular flexibility index (Phi) is 4.32. The van der Waals surface area contributed by atoms with E-state index in [1.165, 1.54) is 19.3 Å². The van der Waals surface area contributed by atoms with Crippen molar-refractivity contribution in [2.75, 3.05) is 6.54 Å². The predicted octanol–water partition coefficient (Wildman–Crippen LogP) is 3.62. The summed E-state index contributed by atoms with van der Waals surface area (Å²) in [7, 11) is 0. The van der Waals surface area contributed by atoms with Crippen LogP contribution in [0.3, 0.4) is 0 Å². The van der Waals surface area contributed by atoms with Crippen LogP contribution < -0.4 is 0 Å². The lowest BCUT2D eigenvalue weighted by Gasteiger charge is -2.45. The summed E-state index contributed by atoms with van der Waals surface area (Å²) in [4.78, 5) is 19.7. The van der Waals surface area contributed by atoms with Crippen molar-refractivity contribution >= 4 is 5.91 Å². The van der Waals surface area contributed by atoms with E-state index in [1.54, 1.807) is 17.1 Å². The number of carbonyl (C=O) groups excluding carboxylic acids is 1. The number of rotatable bonds is 2. The molecule has 2 fully saturated rings. The molecule has 0 spiro atoms. The fourth-order valence-corrected chi connectivity index (χ4v) is 4.63. The molecule has 1 amide bonds. The van der Waals surface area contributed by atoms with Gasteiger partial charge < -0.3 is 4.90 Å². The molecule has 0 radical (unpaired) electrons. The van der Waals surface area contributed by atoms with Crippen molar-refractivity contribution in [3.05, 3.63) is 41.9 Å². The topological polar surface area (TPSA) is 51.0 Å². The molecule has 0 bridgehead atoms. The molecule has 2 aliphatic rings. The van der Waals surface area contributed by atoms with Crippen LogP contribution in [0, 0.1) is 18.8 Å². The number of likely N-dealkylation sites (tertiary alicyclic amines) is 1. The van der Waals surface area contributed by atoms with Gasteiger partial charge in [-0.15, -0.1) is 0 Å². The SMILES string of the molecule is Cc1c(C(=O)N2CCCC3CC(C)CCC32)cnn1-c1ccccn1. The quantitative estimate of drug-likeness (QED) is 0.840. The van der Waals surface area contributed by atoms with Crippen LogP contribution in [-0.2, 0) is 0 Å². The average Bonchev–Trinajstić information content (AvgIpc) is 3.02. The summed E-state index contributed by atoms with van der Waals surface area (Å²) >= 11 is 0. The molecule has 3 unspecified atom stereocenters. The monoisotopic (exact) mass is 338 g/mol. The third-order valence-electron chi connectivity index (χ3n) is 5.95. The summed E-state index contributed by atoms with van der Waals surface area (Å²) in [6.07, 6.45) is 9.48. The molecular weight excluding hydrogens is 312 g/mol. The molecule has 4 rings (SSSR count). The molecule has 132 valence electrons. The molecule has 5 nitrogen and oxygen atoms in total. The van der Waals surface area contributed by atoms with Gasteiger partial charge in [0.25, 0.3) is 5.91 Å². The van der Waals surface area contributed by atoms with Crippen molar-refractivity contribution in [3.63, 3.8) is 0 Å². The maximum Gasteiger partial charge on any atom is 0.257 e. The highest BCUT2D eigenvalue weighted by molar-refractivity contribution is 5.95. The van der Waals surface area contributed by atoms with Crippen LogP contribution in [0.5, 0.6) is 0 Å². The lowest BCUT2D eigenvalue weighted by Crippen LogP contribution is -2.50. The van der Waals surface area contributed by atoms with Crippen molar-refractivity contribution in [1.29, 1.82) is 0 Å². The highest BCUT2D eigenvalue weighted by Gasteiger charge is 2.38. The number of carbonyl (C=O) groups is 1. The van der Waals surface area contributed by atoms with Gasteiger partial charge in [-0.3, -0.25) is 4.79 Å². The molecule has 1 saturated carbocycles. The zero-order valence-electron chi connectivity index (χ0n) is 15.1. The lowest BCUT2D eigenvalue weighted by molar-refractivity contribution is 0.0321. The van der Waals surface area contributed by atoms with Crippen LogP contribution in [-0.4, -0.2) is 38.2 Å². The zero-order valence-corrected chi connectivity index (χ0v) is 15.1. The first-order valence-corrected chi connectivity index (χ1v) is 9.42. The minimum atomic E-state index is 0.143. The molecule has 3 heterocycles. The number of fused-ring (bicyclic) bond motifs is 1. The van der Waals surface area contributed by atoms with Crippen LogP contribution in [0.4, 0.5) is 0 Å². The number of aromatic nitrogens is 3. The summed E-state index contributed by atoms with van der Waals surface area (Å²) in [5.41, 5.74) is 1.58. The van der Waals surface area contributed by atoms with Gasteiger partial charge in [0.05, 0.1) is 17.5 Å². The molecule has 2 aromatic heterocycles. The molecular formula is C20H26N4O. The van der Waals surface area contributed by atoms with E-state index >= 15 is 0 Å². The fourth-order valence-electron chi connectivity index (χ4n) is 4.63. The van der Waals surface area contributed by atoms with Crippen LogP contribution in [0.2, 0.25) is 0 Å². The van der Waals surface area contributed by atoms with Gasteiger partial charge in [0.2, 0.25) is 0 Å². The second-order valence-electron chi connectivity index (χ2n) is 7.63. The molecule has 3 atom stereocenters. The van der Waals surface area contributed by atoms with Crippen LogP contribution in [0.15, 0.2) is 30.6 Å². The van der Waals surface area contributed by atoms with E-state index in [0.717, 1.165) is 36.8 Å². The van der Waals surface area contributed by atoms with Gasteiger partial charge in [-0.25, -0.2) is 9.67 Å². The highest BCUT2D eigenvalue weighted by Crippen LogP contribution is 2.38. The Balaban J connectivity index is 1.60. The van der Waals surface area contributed by atoms with Gasteiger partial charge in [-0.2, -0.15) is 5.10 Å². The molecule has 0 aromatic carbocycles. The fraction of sp³-hybridized carbons (Fsp3) is 0.550. The van der Waals surface area contributed by atoms with E-state index in [2.05, 4.69) is 21.9 Å². The Morgan fingerprint density at radius 3 is 2.92 bits per heavy atom. The maximum absolute atomic E-state index is 13.3. The average molecular weight is 338 g/mol. The van der Waals surface area contributed by atoms with Gasteiger partial charge in [-0.05, 0) is 63.0 Å². The third kappa shape index (κ3) is 2.96. The highest BCUT2D eigenvalue weighted by atomic mass is 16.2. The second-order valence-corrected chi connectivity index (χ2v) is 7.63. The smallest absolute Gasteiger partial charge is 0.257 e. The molecule has 25 heavy (non-hydrogen) atoms. The first kappa shape index (κ1) is 16.3. The minimum Gasteiger partial charge on any atom is -0.335 e. The first-order valence-electron chi connectivity index (χ1n) is 9.42. The number of piperidine rings is 1. The second kappa shape index (κ2) is 6.62. The Morgan fingerprint density at radius 1 is 1.24 bits per heavy atom. The standard InChI is InChI=1S/C20H26N4O/c1-14-8-9-18-16(12-14)6-5-11-23(18)20(25)17-13-22-24(15(17)2)19-7-3-4-10-21-19/h3-4,7,10,13-14,16,18H,5-6,8-9,11-12H2,1-2H3. The van der Waals surface area contributed by atoms with E-state index in [0.29, 0.717) is 17.5 Å². The van der Waals surface area contributed by atoms with Crippen molar-refractivity contribution in [2.24, 2.45) is 11.8 Å². The third-order valence-corrected chi connectivity index (χ3v) is 5.95. The van der Waals surface area contributed by atoms with E-state index in [-0.39, 0.29) is 5.91 Å². The van der Waals surface area contributed by atoms with E-state index in [4.69, 9.17) is 0 Å². The number of nitrogens with zero attached hydrogens (tertiary/aromatic N) is 4. The summed E-state index contributed by atoms with van der Waals surface area (Å²) in [5, 5.41) is 4.42. The summed E-state index contributed by atoms with van der Waals surface area (Å²) in [6.45, 7) is 5.18. The van der Waals surface area contributed by atoms with Gasteiger partial charge in [0.1, 0.15) is 0 Å². The number of hydrogen-bond acceptors (Lipinski definition) is 3. The molecule has 0 N–H and O–H groups in total. The number of hydrogen-bond donors (Lipinski definition) is 0. The number of amides is 1. The van der Waals surface area contributed by atoms with Crippen LogP contribution >= 0.6 is 0 Å². The zero-order chi connectivity index (χ0) is 17.4. The van der Waals surface area contributed by atoms with Crippen molar-refractivity contribution in [3.8, 4) is 5.82 Å². The normalized spacial score (nSPS) is 26.3. The Labute approximate surface area is 149 Å².